The Morgan fingerprint density at radius 3 is 2.19 bits per heavy atom. The molecule has 0 saturated carbocycles. The molecule has 0 fully saturated rings. The zero-order chi connectivity index (χ0) is 23.4. The van der Waals surface area contributed by atoms with Crippen molar-refractivity contribution in [3.8, 4) is 0 Å². The van der Waals surface area contributed by atoms with Crippen LogP contribution in [0.3, 0.4) is 0 Å². The van der Waals surface area contributed by atoms with Crippen molar-refractivity contribution in [3.63, 3.8) is 0 Å². The smallest absolute Gasteiger partial charge is 0.335 e. The molecule has 0 spiro atoms. The minimum absolute atomic E-state index is 0.178. The summed E-state index contributed by atoms with van der Waals surface area (Å²) in [4.78, 5) is 11.1. The van der Waals surface area contributed by atoms with Gasteiger partial charge in [0.15, 0.2) is 0 Å². The van der Waals surface area contributed by atoms with E-state index >= 15 is 0 Å². The summed E-state index contributed by atoms with van der Waals surface area (Å²) in [6, 6.07) is 12.0. The largest absolute Gasteiger partial charge is 0.478 e. The lowest BCUT2D eigenvalue weighted by molar-refractivity contribution is 0.0697. The van der Waals surface area contributed by atoms with E-state index in [-0.39, 0.29) is 10.8 Å². The van der Waals surface area contributed by atoms with Gasteiger partial charge >= 0.3 is 5.97 Å². The van der Waals surface area contributed by atoms with Gasteiger partial charge in [-0.3, -0.25) is 0 Å². The normalized spacial score (nSPS) is 16.8. The molecule has 3 nitrogen and oxygen atoms in total. The number of carboxylic acid groups (broad SMARTS) is 1. The highest BCUT2D eigenvalue weighted by Gasteiger charge is 2.37. The highest BCUT2D eigenvalue weighted by Crippen LogP contribution is 2.46. The van der Waals surface area contributed by atoms with E-state index in [2.05, 4.69) is 64.2 Å². The van der Waals surface area contributed by atoms with E-state index in [1.165, 1.54) is 35.1 Å². The van der Waals surface area contributed by atoms with Crippen LogP contribution in [0.2, 0.25) is 0 Å². The molecule has 3 heteroatoms. The van der Waals surface area contributed by atoms with E-state index < -0.39 is 5.97 Å². The maximum absolute atomic E-state index is 11.1. The fourth-order valence-electron chi connectivity index (χ4n) is 4.68. The molecule has 2 aromatic rings. The maximum Gasteiger partial charge on any atom is 0.335 e. The van der Waals surface area contributed by atoms with Gasteiger partial charge in [-0.05, 0) is 96.0 Å². The van der Waals surface area contributed by atoms with Crippen molar-refractivity contribution in [3.05, 3.63) is 69.8 Å². The monoisotopic (exact) mass is 433 g/mol. The van der Waals surface area contributed by atoms with Gasteiger partial charge < -0.3 is 10.4 Å². The Kier molecular flexibility index (Phi) is 7.61. The van der Waals surface area contributed by atoms with Crippen LogP contribution in [0.25, 0.3) is 12.2 Å². The standard InChI is InChI=1S/C29H39NO2/c1-6-17-30-18-7-8-23-19-25-26(29(4,5)16-15-28(25,2)3)20-24(23)14-11-21-9-12-22(13-10-21)27(31)32/h9-14,19-20,30H,6-8,15-18H2,1-5H3,(H,31,32)/b14-11+. The summed E-state index contributed by atoms with van der Waals surface area (Å²) in [5.74, 6) is -0.890. The van der Waals surface area contributed by atoms with Gasteiger partial charge in [0.1, 0.15) is 0 Å². The van der Waals surface area contributed by atoms with Crippen LogP contribution < -0.4 is 5.32 Å². The van der Waals surface area contributed by atoms with Gasteiger partial charge in [0.25, 0.3) is 0 Å². The predicted octanol–water partition coefficient (Wildman–Crippen LogP) is 6.84. The summed E-state index contributed by atoms with van der Waals surface area (Å²) >= 11 is 0. The van der Waals surface area contributed by atoms with Crippen LogP contribution in [-0.4, -0.2) is 24.2 Å². The number of aromatic carboxylic acids is 1. The lowest BCUT2D eigenvalue weighted by atomic mass is 9.62. The third kappa shape index (κ3) is 5.69. The van der Waals surface area contributed by atoms with Crippen LogP contribution in [0.1, 0.15) is 98.5 Å². The second-order valence-corrected chi connectivity index (χ2v) is 10.5. The fourth-order valence-corrected chi connectivity index (χ4v) is 4.68. The number of hydrogen-bond donors (Lipinski definition) is 2. The highest BCUT2D eigenvalue weighted by atomic mass is 16.4. The number of carboxylic acids is 1. The van der Waals surface area contributed by atoms with Gasteiger partial charge in [-0.25, -0.2) is 4.79 Å². The SMILES string of the molecule is CCCNCCCc1cc2c(cc1/C=C/c1ccc(C(=O)O)cc1)C(C)(C)CCC2(C)C. The summed E-state index contributed by atoms with van der Waals surface area (Å²) in [5.41, 5.74) is 7.39. The van der Waals surface area contributed by atoms with Crippen LogP contribution in [0.4, 0.5) is 0 Å². The summed E-state index contributed by atoms with van der Waals surface area (Å²) in [6.45, 7) is 13.8. The molecule has 2 aromatic carbocycles. The van der Waals surface area contributed by atoms with E-state index in [0.717, 1.165) is 37.9 Å². The third-order valence-corrected chi connectivity index (χ3v) is 6.95. The molecule has 0 amide bonds. The summed E-state index contributed by atoms with van der Waals surface area (Å²) in [5, 5.41) is 12.7. The topological polar surface area (TPSA) is 49.3 Å². The predicted molar refractivity (Wildman–Crippen MR) is 136 cm³/mol. The second kappa shape index (κ2) is 10.0. The van der Waals surface area contributed by atoms with Crippen LogP contribution in [0.15, 0.2) is 36.4 Å². The minimum Gasteiger partial charge on any atom is -0.478 e. The van der Waals surface area contributed by atoms with Gasteiger partial charge in [-0.2, -0.15) is 0 Å². The Bertz CT molecular complexity index is 967. The highest BCUT2D eigenvalue weighted by molar-refractivity contribution is 5.88. The number of benzene rings is 2. The Hall–Kier alpha value is -2.39. The van der Waals surface area contributed by atoms with Gasteiger partial charge in [0.05, 0.1) is 5.56 Å². The van der Waals surface area contributed by atoms with Crippen LogP contribution in [-0.2, 0) is 17.3 Å². The first-order valence-corrected chi connectivity index (χ1v) is 12.0. The average molecular weight is 434 g/mol. The lowest BCUT2D eigenvalue weighted by Gasteiger charge is -2.42. The Balaban J connectivity index is 1.95. The minimum atomic E-state index is -0.890. The molecule has 0 heterocycles. The van der Waals surface area contributed by atoms with E-state index in [9.17, 15) is 4.79 Å². The number of carbonyl (C=O) groups is 1. The van der Waals surface area contributed by atoms with E-state index in [4.69, 9.17) is 5.11 Å². The fraction of sp³-hybridized carbons (Fsp3) is 0.483. The van der Waals surface area contributed by atoms with Crippen molar-refractivity contribution < 1.29 is 9.90 Å². The van der Waals surface area contributed by atoms with Crippen molar-refractivity contribution in [1.82, 2.24) is 5.32 Å². The zero-order valence-electron chi connectivity index (χ0n) is 20.4. The van der Waals surface area contributed by atoms with Gasteiger partial charge in [-0.1, -0.05) is 71.0 Å². The molecular formula is C29H39NO2. The van der Waals surface area contributed by atoms with E-state index in [1.807, 2.05) is 12.1 Å². The first-order valence-electron chi connectivity index (χ1n) is 12.0. The molecular weight excluding hydrogens is 394 g/mol. The molecule has 0 atom stereocenters. The summed E-state index contributed by atoms with van der Waals surface area (Å²) < 4.78 is 0. The number of nitrogens with one attached hydrogen (secondary N) is 1. The van der Waals surface area contributed by atoms with Gasteiger partial charge in [-0.15, -0.1) is 0 Å². The van der Waals surface area contributed by atoms with Crippen molar-refractivity contribution >= 4 is 18.1 Å². The molecule has 32 heavy (non-hydrogen) atoms. The lowest BCUT2D eigenvalue weighted by Crippen LogP contribution is -2.34. The van der Waals surface area contributed by atoms with Crippen molar-refractivity contribution in [2.45, 2.75) is 77.6 Å². The first kappa shape index (κ1) is 24.3. The van der Waals surface area contributed by atoms with Gasteiger partial charge in [0.2, 0.25) is 0 Å². The first-order chi connectivity index (χ1) is 15.1. The van der Waals surface area contributed by atoms with Gasteiger partial charge in [0, 0.05) is 0 Å². The molecule has 1 aliphatic rings. The number of hydrogen-bond acceptors (Lipinski definition) is 2. The molecule has 0 bridgehead atoms. The molecule has 1 aliphatic carbocycles. The average Bonchev–Trinajstić information content (AvgIpc) is 2.75. The van der Waals surface area contributed by atoms with Crippen molar-refractivity contribution in [2.24, 2.45) is 0 Å². The quantitative estimate of drug-likeness (QED) is 0.336. The Morgan fingerprint density at radius 1 is 0.969 bits per heavy atom. The molecule has 0 unspecified atom stereocenters. The molecule has 0 aliphatic heterocycles. The molecule has 172 valence electrons. The number of aryl methyl sites for hydroxylation is 1. The van der Waals surface area contributed by atoms with Crippen LogP contribution in [0.5, 0.6) is 0 Å². The molecule has 0 aromatic heterocycles. The summed E-state index contributed by atoms with van der Waals surface area (Å²) in [7, 11) is 0. The molecule has 3 rings (SSSR count). The number of fused-ring (bicyclic) bond motifs is 1. The number of rotatable bonds is 9. The Labute approximate surface area is 194 Å². The van der Waals surface area contributed by atoms with Crippen molar-refractivity contribution in [2.75, 3.05) is 13.1 Å². The summed E-state index contributed by atoms with van der Waals surface area (Å²) in [6.07, 6.45) is 10.1. The third-order valence-electron chi connectivity index (χ3n) is 6.95. The van der Waals surface area contributed by atoms with E-state index in [1.54, 1.807) is 12.1 Å². The van der Waals surface area contributed by atoms with Crippen LogP contribution >= 0.6 is 0 Å². The Morgan fingerprint density at radius 2 is 1.59 bits per heavy atom. The van der Waals surface area contributed by atoms with Crippen molar-refractivity contribution in [1.29, 1.82) is 0 Å². The molecule has 2 N–H and O–H groups in total. The maximum atomic E-state index is 11.1. The molecule has 0 radical (unpaired) electrons. The molecule has 0 saturated heterocycles. The van der Waals surface area contributed by atoms with Crippen LogP contribution in [0, 0.1) is 0 Å². The second-order valence-electron chi connectivity index (χ2n) is 10.5. The zero-order valence-corrected chi connectivity index (χ0v) is 20.4. The van der Waals surface area contributed by atoms with E-state index in [0.29, 0.717) is 5.56 Å².